The second kappa shape index (κ2) is 7.63. The predicted octanol–water partition coefficient (Wildman–Crippen LogP) is 3.99. The smallest absolute Gasteiger partial charge is 0.324 e. The number of nitrogens with one attached hydrogen (secondary N) is 3. The number of rotatable bonds is 5. The van der Waals surface area contributed by atoms with Crippen molar-refractivity contribution in [3.63, 3.8) is 0 Å². The highest BCUT2D eigenvalue weighted by Crippen LogP contribution is 2.20. The summed E-state index contributed by atoms with van der Waals surface area (Å²) < 4.78 is 0. The standard InChI is InChI=1S/C17H18N6OS/c1-23(2)14-10-15(22-18-11-14)19-12-5-7-13(8-6-12)20-17(24)21-16-4-3-9-25-16/h3-11H,1-2H3,(H,19,22)(H2,20,21,24). The number of anilines is 5. The Kier molecular flexibility index (Phi) is 5.10. The molecule has 0 bridgehead atoms. The summed E-state index contributed by atoms with van der Waals surface area (Å²) in [4.78, 5) is 13.9. The van der Waals surface area contributed by atoms with Gasteiger partial charge >= 0.3 is 6.03 Å². The van der Waals surface area contributed by atoms with Crippen molar-refractivity contribution in [1.82, 2.24) is 10.2 Å². The van der Waals surface area contributed by atoms with E-state index in [2.05, 4.69) is 26.1 Å². The van der Waals surface area contributed by atoms with Gasteiger partial charge < -0.3 is 15.5 Å². The first-order valence-corrected chi connectivity index (χ1v) is 8.47. The van der Waals surface area contributed by atoms with Crippen LogP contribution in [0.5, 0.6) is 0 Å². The van der Waals surface area contributed by atoms with E-state index >= 15 is 0 Å². The van der Waals surface area contributed by atoms with Gasteiger partial charge in [-0.25, -0.2) is 4.79 Å². The van der Waals surface area contributed by atoms with Crippen LogP contribution in [0.4, 0.5) is 32.7 Å². The number of nitrogens with zero attached hydrogens (tertiary/aromatic N) is 3. The van der Waals surface area contributed by atoms with Crippen molar-refractivity contribution in [3.8, 4) is 0 Å². The minimum Gasteiger partial charge on any atom is -0.376 e. The molecule has 0 radical (unpaired) electrons. The molecule has 0 spiro atoms. The van der Waals surface area contributed by atoms with Crippen LogP contribution in [-0.2, 0) is 0 Å². The Hall–Kier alpha value is -3.13. The number of amides is 2. The van der Waals surface area contributed by atoms with Crippen LogP contribution in [0.3, 0.4) is 0 Å². The molecule has 0 saturated carbocycles. The van der Waals surface area contributed by atoms with Crippen molar-refractivity contribution in [2.24, 2.45) is 0 Å². The van der Waals surface area contributed by atoms with Crippen molar-refractivity contribution in [1.29, 1.82) is 0 Å². The summed E-state index contributed by atoms with van der Waals surface area (Å²) in [6, 6.07) is 12.7. The van der Waals surface area contributed by atoms with E-state index in [0.29, 0.717) is 11.5 Å². The molecule has 7 nitrogen and oxygen atoms in total. The first-order chi connectivity index (χ1) is 12.1. The fourth-order valence-corrected chi connectivity index (χ4v) is 2.68. The third kappa shape index (κ3) is 4.67. The van der Waals surface area contributed by atoms with Crippen LogP contribution in [0.25, 0.3) is 0 Å². The van der Waals surface area contributed by atoms with Crippen molar-refractivity contribution in [2.75, 3.05) is 34.9 Å². The van der Waals surface area contributed by atoms with E-state index in [-0.39, 0.29) is 6.03 Å². The summed E-state index contributed by atoms with van der Waals surface area (Å²) in [5, 5.41) is 19.5. The van der Waals surface area contributed by atoms with Gasteiger partial charge in [-0.15, -0.1) is 16.4 Å². The van der Waals surface area contributed by atoms with Gasteiger partial charge in [0.15, 0.2) is 5.82 Å². The minimum absolute atomic E-state index is 0.271. The number of thiophene rings is 1. The molecule has 2 aromatic heterocycles. The molecule has 25 heavy (non-hydrogen) atoms. The molecule has 0 saturated heterocycles. The molecule has 1 aromatic carbocycles. The maximum Gasteiger partial charge on any atom is 0.324 e. The van der Waals surface area contributed by atoms with Crippen LogP contribution < -0.4 is 20.9 Å². The average molecular weight is 354 g/mol. The Morgan fingerprint density at radius 3 is 2.52 bits per heavy atom. The number of urea groups is 1. The number of hydrogen-bond acceptors (Lipinski definition) is 6. The fourth-order valence-electron chi connectivity index (χ4n) is 2.07. The van der Waals surface area contributed by atoms with E-state index in [4.69, 9.17) is 0 Å². The van der Waals surface area contributed by atoms with Gasteiger partial charge in [-0.3, -0.25) is 5.32 Å². The van der Waals surface area contributed by atoms with Crippen molar-refractivity contribution in [2.45, 2.75) is 0 Å². The van der Waals surface area contributed by atoms with Gasteiger partial charge in [-0.05, 0) is 41.8 Å². The summed E-state index contributed by atoms with van der Waals surface area (Å²) >= 11 is 1.47. The third-order valence-electron chi connectivity index (χ3n) is 3.33. The number of aromatic nitrogens is 2. The highest BCUT2D eigenvalue weighted by Gasteiger charge is 2.04. The lowest BCUT2D eigenvalue weighted by atomic mass is 10.2. The molecule has 2 amide bonds. The highest BCUT2D eigenvalue weighted by atomic mass is 32.1. The number of carbonyl (C=O) groups excluding carboxylic acids is 1. The maximum atomic E-state index is 11.9. The molecule has 128 valence electrons. The second-order valence-electron chi connectivity index (χ2n) is 5.45. The normalized spacial score (nSPS) is 10.2. The van der Waals surface area contributed by atoms with Crippen LogP contribution in [0.1, 0.15) is 0 Å². The molecule has 8 heteroatoms. The van der Waals surface area contributed by atoms with Gasteiger partial charge in [-0.1, -0.05) is 0 Å². The van der Waals surface area contributed by atoms with Crippen molar-refractivity contribution < 1.29 is 4.79 Å². The molecule has 0 fully saturated rings. The number of benzene rings is 1. The molecule has 0 aliphatic rings. The van der Waals surface area contributed by atoms with E-state index < -0.39 is 0 Å². The second-order valence-corrected chi connectivity index (χ2v) is 6.40. The third-order valence-corrected chi connectivity index (χ3v) is 4.11. The minimum atomic E-state index is -0.271. The van der Waals surface area contributed by atoms with Gasteiger partial charge in [-0.2, -0.15) is 5.10 Å². The monoisotopic (exact) mass is 354 g/mol. The summed E-state index contributed by atoms with van der Waals surface area (Å²) in [5.41, 5.74) is 2.52. The average Bonchev–Trinajstić information content (AvgIpc) is 3.10. The Labute approximate surface area is 149 Å². The van der Waals surface area contributed by atoms with Gasteiger partial charge in [0.2, 0.25) is 0 Å². The molecule has 2 heterocycles. The highest BCUT2D eigenvalue weighted by molar-refractivity contribution is 7.14. The lowest BCUT2D eigenvalue weighted by Gasteiger charge is -2.13. The fraction of sp³-hybridized carbons (Fsp3) is 0.118. The molecule has 3 N–H and O–H groups in total. The number of carbonyl (C=O) groups is 1. The predicted molar refractivity (Wildman–Crippen MR) is 103 cm³/mol. The lowest BCUT2D eigenvalue weighted by molar-refractivity contribution is 0.262. The summed E-state index contributed by atoms with van der Waals surface area (Å²) in [6.45, 7) is 0. The van der Waals surface area contributed by atoms with Crippen LogP contribution in [-0.4, -0.2) is 30.3 Å². The van der Waals surface area contributed by atoms with Crippen molar-refractivity contribution >= 4 is 45.2 Å². The summed E-state index contributed by atoms with van der Waals surface area (Å²) in [6.07, 6.45) is 1.70. The number of hydrogen-bond donors (Lipinski definition) is 3. The van der Waals surface area contributed by atoms with Crippen LogP contribution in [0, 0.1) is 0 Å². The molecule has 3 rings (SSSR count). The SMILES string of the molecule is CN(C)c1cnnc(Nc2ccc(NC(=O)Nc3cccs3)cc2)c1. The van der Waals surface area contributed by atoms with Gasteiger partial charge in [0.25, 0.3) is 0 Å². The Morgan fingerprint density at radius 1 is 1.08 bits per heavy atom. The molecule has 0 atom stereocenters. The molecule has 0 unspecified atom stereocenters. The molecular weight excluding hydrogens is 336 g/mol. The van der Waals surface area contributed by atoms with E-state index in [9.17, 15) is 4.79 Å². The zero-order chi connectivity index (χ0) is 17.6. The Balaban J connectivity index is 1.60. The van der Waals surface area contributed by atoms with Crippen molar-refractivity contribution in [3.05, 3.63) is 54.0 Å². The largest absolute Gasteiger partial charge is 0.376 e. The van der Waals surface area contributed by atoms with Crippen LogP contribution in [0.15, 0.2) is 54.0 Å². The lowest BCUT2D eigenvalue weighted by Crippen LogP contribution is -2.18. The molecular formula is C17H18N6OS. The maximum absolute atomic E-state index is 11.9. The zero-order valence-electron chi connectivity index (χ0n) is 13.9. The van der Waals surface area contributed by atoms with E-state index in [1.807, 2.05) is 66.8 Å². The Bertz CT molecular complexity index is 833. The zero-order valence-corrected chi connectivity index (χ0v) is 14.7. The first kappa shape index (κ1) is 16.7. The van der Waals surface area contributed by atoms with E-state index in [1.165, 1.54) is 11.3 Å². The quantitative estimate of drug-likeness (QED) is 0.645. The topological polar surface area (TPSA) is 82.2 Å². The summed E-state index contributed by atoms with van der Waals surface area (Å²) in [7, 11) is 3.89. The molecule has 3 aromatic rings. The molecule has 0 aliphatic heterocycles. The van der Waals surface area contributed by atoms with Crippen LogP contribution in [0.2, 0.25) is 0 Å². The molecule has 0 aliphatic carbocycles. The van der Waals surface area contributed by atoms with Gasteiger partial charge in [0.1, 0.15) is 0 Å². The van der Waals surface area contributed by atoms with Crippen LogP contribution >= 0.6 is 11.3 Å². The van der Waals surface area contributed by atoms with E-state index in [0.717, 1.165) is 16.4 Å². The summed E-state index contributed by atoms with van der Waals surface area (Å²) in [5.74, 6) is 0.655. The van der Waals surface area contributed by atoms with Gasteiger partial charge in [0.05, 0.1) is 16.9 Å². The van der Waals surface area contributed by atoms with E-state index in [1.54, 1.807) is 6.20 Å². The van der Waals surface area contributed by atoms with Gasteiger partial charge in [0, 0.05) is 31.5 Å². The first-order valence-electron chi connectivity index (χ1n) is 7.59. The Morgan fingerprint density at radius 2 is 1.84 bits per heavy atom.